The molecule has 5 fully saturated rings. The van der Waals surface area contributed by atoms with Crippen LogP contribution in [0.5, 0.6) is 11.5 Å². The predicted octanol–water partition coefficient (Wildman–Crippen LogP) is 8.94. The smallest absolute Gasteiger partial charge is 0.312 e. The zero-order valence-corrected chi connectivity index (χ0v) is 39.9. The summed E-state index contributed by atoms with van der Waals surface area (Å²) in [5, 5.41) is 16.1. The molecule has 2 saturated heterocycles. The third-order valence-corrected chi connectivity index (χ3v) is 16.9. The second kappa shape index (κ2) is 18.1. The number of H-pyrrole nitrogens is 1. The Morgan fingerprint density at radius 1 is 0.912 bits per heavy atom. The van der Waals surface area contributed by atoms with E-state index in [1.54, 1.807) is 37.4 Å². The van der Waals surface area contributed by atoms with Crippen LogP contribution in [0.25, 0.3) is 11.0 Å². The van der Waals surface area contributed by atoms with Crippen molar-refractivity contribution in [2.75, 3.05) is 49.5 Å². The number of sulfonamides is 1. The second-order valence-corrected chi connectivity index (χ2v) is 22.4. The lowest BCUT2D eigenvalue weighted by Gasteiger charge is -2.58. The molecule has 2 amide bonds. The highest BCUT2D eigenvalue weighted by molar-refractivity contribution is 7.90. The van der Waals surface area contributed by atoms with Gasteiger partial charge in [0.05, 0.1) is 28.9 Å². The summed E-state index contributed by atoms with van der Waals surface area (Å²) < 4.78 is 36.0. The molecule has 3 aromatic heterocycles. The van der Waals surface area contributed by atoms with Crippen LogP contribution in [0.1, 0.15) is 118 Å². The zero-order valence-electron chi connectivity index (χ0n) is 39.1. The van der Waals surface area contributed by atoms with E-state index in [0.29, 0.717) is 35.8 Å². The van der Waals surface area contributed by atoms with E-state index in [2.05, 4.69) is 72.9 Å². The first kappa shape index (κ1) is 45.7. The molecular formula is C51H61N9O7S. The summed E-state index contributed by atoms with van der Waals surface area (Å²) in [6, 6.07) is 19.2. The van der Waals surface area contributed by atoms with Crippen LogP contribution in [0.2, 0.25) is 0 Å². The second-order valence-electron chi connectivity index (χ2n) is 20.8. The first-order valence-corrected chi connectivity index (χ1v) is 25.7. The monoisotopic (exact) mass is 943 g/mol. The molecule has 0 bridgehead atoms. The van der Waals surface area contributed by atoms with Gasteiger partial charge in [0, 0.05) is 81.6 Å². The van der Waals surface area contributed by atoms with E-state index < -0.39 is 31.4 Å². The van der Waals surface area contributed by atoms with E-state index in [-0.39, 0.29) is 39.9 Å². The minimum atomic E-state index is -4.62. The number of carbonyl (C=O) groups excluding carboxylic acids is 2. The molecule has 5 heterocycles. The number of piperazine rings is 1. The first-order chi connectivity index (χ1) is 32.6. The van der Waals surface area contributed by atoms with Crippen molar-refractivity contribution in [1.82, 2.24) is 29.5 Å². The summed E-state index contributed by atoms with van der Waals surface area (Å²) in [6.45, 7) is 10.6. The van der Waals surface area contributed by atoms with Gasteiger partial charge < -0.3 is 24.8 Å². The number of aromatic nitrogens is 3. The molecule has 0 radical (unpaired) electrons. The number of rotatable bonds is 13. The fourth-order valence-electron chi connectivity index (χ4n) is 11.3. The lowest BCUT2D eigenvalue weighted by Crippen LogP contribution is -2.60. The Morgan fingerprint density at radius 2 is 1.66 bits per heavy atom. The molecule has 5 aromatic rings. The average Bonchev–Trinajstić information content (AvgIpc) is 4.06. The SMILES string of the molecule is CC(=O)N1CCN(C2CC3(CCN(c4ccc(C(=O)NS(=O)(=O)c5cnc(NCC6CCC(C)(C)CC6)c([N+](=O)[O-])c5)c(Oc5cnc6[nH]ccc6c5)c4)CC3)C2)[C@@H](c2ccccc2C2CC2)C1. The fourth-order valence-corrected chi connectivity index (χ4v) is 12.2. The number of nitro groups is 1. The molecule has 3 aliphatic carbocycles. The summed E-state index contributed by atoms with van der Waals surface area (Å²) >= 11 is 0. The molecule has 16 nitrogen and oxygen atoms in total. The molecule has 2 aromatic carbocycles. The molecule has 3 N–H and O–H groups in total. The number of piperidine rings is 1. The van der Waals surface area contributed by atoms with Crippen LogP contribution in [0.4, 0.5) is 17.2 Å². The molecule has 0 unspecified atom stereocenters. The van der Waals surface area contributed by atoms with Gasteiger partial charge in [0.15, 0.2) is 0 Å². The van der Waals surface area contributed by atoms with Crippen LogP contribution in [-0.2, 0) is 14.8 Å². The van der Waals surface area contributed by atoms with Crippen molar-refractivity contribution in [2.45, 2.75) is 108 Å². The van der Waals surface area contributed by atoms with Gasteiger partial charge in [-0.1, -0.05) is 38.1 Å². The molecular weight excluding hydrogens is 883 g/mol. The average molecular weight is 944 g/mol. The maximum absolute atomic E-state index is 14.0. The quantitative estimate of drug-likeness (QED) is 0.0750. The third kappa shape index (κ3) is 9.51. The molecule has 17 heteroatoms. The van der Waals surface area contributed by atoms with E-state index in [1.807, 2.05) is 11.0 Å². The van der Waals surface area contributed by atoms with Gasteiger partial charge in [-0.25, -0.2) is 23.1 Å². The third-order valence-electron chi connectivity index (χ3n) is 15.6. The summed E-state index contributed by atoms with van der Waals surface area (Å²) in [5.41, 5.74) is 4.27. The minimum Gasteiger partial charge on any atom is -0.455 e. The highest BCUT2D eigenvalue weighted by Gasteiger charge is 2.50. The summed E-state index contributed by atoms with van der Waals surface area (Å²) in [4.78, 5) is 56.3. The van der Waals surface area contributed by atoms with Gasteiger partial charge in [-0.3, -0.25) is 24.6 Å². The molecule has 68 heavy (non-hydrogen) atoms. The van der Waals surface area contributed by atoms with Crippen LogP contribution < -0.4 is 19.7 Å². The molecule has 3 saturated carbocycles. The number of ether oxygens (including phenoxy) is 1. The van der Waals surface area contributed by atoms with E-state index in [4.69, 9.17) is 4.74 Å². The van der Waals surface area contributed by atoms with Crippen LogP contribution in [0.15, 0.2) is 84.1 Å². The number of amides is 2. The maximum Gasteiger partial charge on any atom is 0.312 e. The Kier molecular flexibility index (Phi) is 12.2. The zero-order chi connectivity index (χ0) is 47.4. The van der Waals surface area contributed by atoms with Crippen molar-refractivity contribution >= 4 is 50.1 Å². The van der Waals surface area contributed by atoms with Gasteiger partial charge in [-0.2, -0.15) is 0 Å². The molecule has 5 aliphatic rings. The number of nitrogens with zero attached hydrogens (tertiary/aromatic N) is 6. The van der Waals surface area contributed by atoms with Crippen molar-refractivity contribution < 1.29 is 27.7 Å². The van der Waals surface area contributed by atoms with E-state index in [1.165, 1.54) is 30.2 Å². The summed E-state index contributed by atoms with van der Waals surface area (Å²) in [6.07, 6.45) is 15.1. The number of nitrogens with one attached hydrogen (secondary N) is 3. The van der Waals surface area contributed by atoms with Gasteiger partial charge >= 0.3 is 5.69 Å². The van der Waals surface area contributed by atoms with Crippen LogP contribution in [0.3, 0.4) is 0 Å². The number of anilines is 2. The molecule has 2 aliphatic heterocycles. The van der Waals surface area contributed by atoms with E-state index in [9.17, 15) is 28.1 Å². The Balaban J connectivity index is 0.838. The van der Waals surface area contributed by atoms with Crippen molar-refractivity contribution in [3.63, 3.8) is 0 Å². The topological polar surface area (TPSA) is 196 Å². The first-order valence-electron chi connectivity index (χ1n) is 24.2. The van der Waals surface area contributed by atoms with Crippen LogP contribution in [0, 0.1) is 26.9 Å². The Hall–Kier alpha value is -6.07. The van der Waals surface area contributed by atoms with Crippen molar-refractivity contribution in [3.05, 3.63) is 106 Å². The standard InChI is InChI=1S/C51H61N9O7S/c1-33(61)58-22-23-59(45(32-58)42-7-5-4-6-41(42)35-8-9-35)38-27-51(28-38)17-20-57(21-18-51)37-10-11-43(46(25-37)67-39-24-36-14-19-52-47(36)54-30-39)49(62)56-68(65,66)40-26-44(60(63)64)48(55-31-40)53-29-34-12-15-50(2,3)16-13-34/h4-7,10-11,14,19,24-26,30-31,34-35,38,45H,8-9,12-13,15-18,20-23,27-29,32H2,1-3H3,(H,52,54)(H,53,55)(H,56,62)/t45-/m1/s1. The van der Waals surface area contributed by atoms with E-state index in [0.717, 1.165) is 107 Å². The molecule has 1 spiro atoms. The van der Waals surface area contributed by atoms with Gasteiger partial charge in [0.25, 0.3) is 15.9 Å². The van der Waals surface area contributed by atoms with Gasteiger partial charge in [0.2, 0.25) is 11.7 Å². The Bertz CT molecular complexity index is 2840. The van der Waals surface area contributed by atoms with Gasteiger partial charge in [-0.15, -0.1) is 0 Å². The lowest BCUT2D eigenvalue weighted by molar-refractivity contribution is -0.384. The molecule has 10 rings (SSSR count). The highest BCUT2D eigenvalue weighted by Crippen LogP contribution is 2.54. The Morgan fingerprint density at radius 3 is 2.38 bits per heavy atom. The number of pyridine rings is 2. The fraction of sp³-hybridized carbons (Fsp3) is 0.490. The van der Waals surface area contributed by atoms with Crippen LogP contribution in [-0.4, -0.2) is 95.2 Å². The van der Waals surface area contributed by atoms with Crippen molar-refractivity contribution in [1.29, 1.82) is 0 Å². The number of hydrogen-bond acceptors (Lipinski definition) is 12. The van der Waals surface area contributed by atoms with Gasteiger partial charge in [-0.05, 0) is 122 Å². The van der Waals surface area contributed by atoms with Crippen molar-refractivity contribution in [2.24, 2.45) is 16.7 Å². The predicted molar refractivity (Wildman–Crippen MR) is 259 cm³/mol. The molecule has 358 valence electrons. The molecule has 1 atom stereocenters. The number of hydrogen-bond donors (Lipinski definition) is 3. The highest BCUT2D eigenvalue weighted by atomic mass is 32.2. The maximum atomic E-state index is 14.0. The normalized spacial score (nSPS) is 21.1. The van der Waals surface area contributed by atoms with Crippen molar-refractivity contribution in [3.8, 4) is 11.5 Å². The number of fused-ring (bicyclic) bond motifs is 1. The summed E-state index contributed by atoms with van der Waals surface area (Å²) in [7, 11) is -4.62. The number of benzene rings is 2. The largest absolute Gasteiger partial charge is 0.455 e. The minimum absolute atomic E-state index is 0.0201. The van der Waals surface area contributed by atoms with Gasteiger partial charge in [0.1, 0.15) is 22.0 Å². The Labute approximate surface area is 397 Å². The summed E-state index contributed by atoms with van der Waals surface area (Å²) in [5.74, 6) is 0.577. The van der Waals surface area contributed by atoms with E-state index >= 15 is 0 Å². The lowest BCUT2D eigenvalue weighted by atomic mass is 9.59. The van der Waals surface area contributed by atoms with Crippen LogP contribution >= 0.6 is 0 Å². The number of carbonyl (C=O) groups is 2. The number of aromatic amines is 1.